The Bertz CT molecular complexity index is 1190. The van der Waals surface area contributed by atoms with Gasteiger partial charge >= 0.3 is 5.97 Å². The number of carboxylic acids is 1. The molecule has 1 aliphatic carbocycles. The number of halogens is 2. The van der Waals surface area contributed by atoms with Crippen LogP contribution in [0.5, 0.6) is 0 Å². The summed E-state index contributed by atoms with van der Waals surface area (Å²) in [4.78, 5) is 12.6. The highest BCUT2D eigenvalue weighted by Gasteiger charge is 2.63. The van der Waals surface area contributed by atoms with Gasteiger partial charge in [0.05, 0.1) is 10.0 Å². The predicted molar refractivity (Wildman–Crippen MR) is 114 cm³/mol. The van der Waals surface area contributed by atoms with E-state index in [-0.39, 0.29) is 10.6 Å². The number of rotatable bonds is 6. The summed E-state index contributed by atoms with van der Waals surface area (Å²) in [5.41, 5.74) is -0.0128. The van der Waals surface area contributed by atoms with Gasteiger partial charge in [0.1, 0.15) is 9.75 Å². The molecule has 1 fully saturated rings. The van der Waals surface area contributed by atoms with Gasteiger partial charge in [-0.1, -0.05) is 59.6 Å². The first-order chi connectivity index (χ1) is 13.7. The lowest BCUT2D eigenvalue weighted by molar-refractivity contribution is -0.140. The number of aliphatic carboxylic acids is 1. The maximum Gasteiger partial charge on any atom is 0.325 e. The van der Waals surface area contributed by atoms with E-state index in [0.29, 0.717) is 14.9 Å². The monoisotopic (exact) mass is 467 g/mol. The quantitative estimate of drug-likeness (QED) is 0.533. The summed E-state index contributed by atoms with van der Waals surface area (Å²) in [7, 11) is -4.02. The molecule has 0 amide bonds. The van der Waals surface area contributed by atoms with Gasteiger partial charge in [0.25, 0.3) is 10.0 Å². The van der Waals surface area contributed by atoms with Gasteiger partial charge in [-0.2, -0.15) is 4.72 Å². The lowest BCUT2D eigenvalue weighted by atomic mass is 10.1. The van der Waals surface area contributed by atoms with E-state index in [1.807, 2.05) is 6.07 Å². The van der Waals surface area contributed by atoms with Gasteiger partial charge in [0, 0.05) is 10.8 Å². The van der Waals surface area contributed by atoms with E-state index >= 15 is 0 Å². The average Bonchev–Trinajstić information content (AvgIpc) is 3.18. The molecule has 2 aromatic carbocycles. The van der Waals surface area contributed by atoms with Crippen molar-refractivity contribution in [3.63, 3.8) is 0 Å². The Balaban J connectivity index is 1.61. The average molecular weight is 468 g/mol. The molecule has 5 nitrogen and oxygen atoms in total. The molecule has 2 atom stereocenters. The Kier molecular flexibility index (Phi) is 5.21. The summed E-state index contributed by atoms with van der Waals surface area (Å²) in [6.07, 6.45) is 0.205. The summed E-state index contributed by atoms with van der Waals surface area (Å²) >= 11 is 13.0. The summed E-state index contributed by atoms with van der Waals surface area (Å²) in [5.74, 6) is -1.60. The highest BCUT2D eigenvalue weighted by Crippen LogP contribution is 2.52. The molecule has 3 aromatic rings. The second kappa shape index (κ2) is 7.41. The number of hydrogen-bond acceptors (Lipinski definition) is 4. The molecule has 1 saturated carbocycles. The molecule has 29 heavy (non-hydrogen) atoms. The van der Waals surface area contributed by atoms with Gasteiger partial charge in [0.15, 0.2) is 0 Å². The molecule has 1 heterocycles. The molecule has 0 bridgehead atoms. The SMILES string of the molecule is O=C(O)C1(NS(=O)(=O)c2ccc(-c3ccc(Cl)c(Cl)c3)s2)CC1c1ccccc1. The molecule has 1 aliphatic rings. The topological polar surface area (TPSA) is 83.5 Å². The molecule has 2 N–H and O–H groups in total. The van der Waals surface area contributed by atoms with Crippen molar-refractivity contribution in [3.05, 3.63) is 76.3 Å². The number of thiophene rings is 1. The first-order valence-corrected chi connectivity index (χ1v) is 11.7. The number of nitrogens with one attached hydrogen (secondary N) is 1. The van der Waals surface area contributed by atoms with Crippen LogP contribution in [-0.4, -0.2) is 25.0 Å². The number of sulfonamides is 1. The molecule has 4 rings (SSSR count). The standard InChI is InChI=1S/C20H15Cl2NO4S2/c21-15-7-6-13(10-16(15)22)17-8-9-18(28-17)29(26,27)23-20(19(24)25)11-14(20)12-4-2-1-3-5-12/h1-10,14,23H,11H2,(H,24,25). The van der Waals surface area contributed by atoms with Crippen LogP contribution in [0.15, 0.2) is 64.9 Å². The minimum atomic E-state index is -4.02. The zero-order chi connectivity index (χ0) is 20.8. The number of hydrogen-bond donors (Lipinski definition) is 2. The van der Waals surface area contributed by atoms with Crippen LogP contribution in [0.1, 0.15) is 17.9 Å². The Morgan fingerprint density at radius 1 is 1.07 bits per heavy atom. The lowest BCUT2D eigenvalue weighted by Crippen LogP contribution is -2.44. The molecule has 0 aliphatic heterocycles. The number of carboxylic acid groups (broad SMARTS) is 1. The van der Waals surface area contributed by atoms with Crippen molar-refractivity contribution in [3.8, 4) is 10.4 Å². The minimum Gasteiger partial charge on any atom is -0.480 e. The highest BCUT2D eigenvalue weighted by molar-refractivity contribution is 7.91. The zero-order valence-corrected chi connectivity index (χ0v) is 17.9. The Labute approximate surface area is 182 Å². The van der Waals surface area contributed by atoms with Crippen molar-refractivity contribution in [1.29, 1.82) is 0 Å². The second-order valence-corrected chi connectivity index (χ2v) is 10.6. The molecule has 1 aromatic heterocycles. The van der Waals surface area contributed by atoms with Crippen LogP contribution in [0.2, 0.25) is 10.0 Å². The largest absolute Gasteiger partial charge is 0.480 e. The summed E-state index contributed by atoms with van der Waals surface area (Å²) < 4.78 is 28.3. The smallest absolute Gasteiger partial charge is 0.325 e. The third kappa shape index (κ3) is 3.81. The van der Waals surface area contributed by atoms with Crippen molar-refractivity contribution in [2.24, 2.45) is 0 Å². The van der Waals surface area contributed by atoms with E-state index in [9.17, 15) is 18.3 Å². The van der Waals surface area contributed by atoms with Crippen LogP contribution in [0.4, 0.5) is 0 Å². The first-order valence-electron chi connectivity index (χ1n) is 8.60. The maximum atomic E-state index is 12.9. The number of benzene rings is 2. The van der Waals surface area contributed by atoms with E-state index in [1.165, 1.54) is 6.07 Å². The maximum absolute atomic E-state index is 12.9. The van der Waals surface area contributed by atoms with Crippen molar-refractivity contribution in [2.45, 2.75) is 22.1 Å². The van der Waals surface area contributed by atoms with Crippen LogP contribution >= 0.6 is 34.5 Å². The summed E-state index contributed by atoms with van der Waals surface area (Å²) in [5, 5.41) is 10.5. The van der Waals surface area contributed by atoms with Crippen molar-refractivity contribution >= 4 is 50.5 Å². The lowest BCUT2D eigenvalue weighted by Gasteiger charge is -2.14. The van der Waals surface area contributed by atoms with Gasteiger partial charge in [-0.3, -0.25) is 4.79 Å². The molecule has 9 heteroatoms. The van der Waals surface area contributed by atoms with E-state index in [2.05, 4.69) is 4.72 Å². The molecule has 150 valence electrons. The molecular formula is C20H15Cl2NO4S2. The molecule has 0 spiro atoms. The van der Waals surface area contributed by atoms with Gasteiger partial charge in [-0.15, -0.1) is 11.3 Å². The molecule has 0 radical (unpaired) electrons. The summed E-state index contributed by atoms with van der Waals surface area (Å²) in [6, 6.07) is 17.2. The van der Waals surface area contributed by atoms with Gasteiger partial charge in [-0.25, -0.2) is 8.42 Å². The van der Waals surface area contributed by atoms with Crippen molar-refractivity contribution in [2.75, 3.05) is 0 Å². The Hall–Kier alpha value is -1.90. The van der Waals surface area contributed by atoms with E-state index < -0.39 is 27.4 Å². The fraction of sp³-hybridized carbons (Fsp3) is 0.150. The van der Waals surface area contributed by atoms with Gasteiger partial charge in [0.2, 0.25) is 0 Å². The Morgan fingerprint density at radius 2 is 1.79 bits per heavy atom. The normalized spacial score (nSPS) is 21.1. The van der Waals surface area contributed by atoms with Gasteiger partial charge < -0.3 is 5.11 Å². The van der Waals surface area contributed by atoms with E-state index in [0.717, 1.165) is 22.5 Å². The number of carbonyl (C=O) groups is 1. The van der Waals surface area contributed by atoms with E-state index in [1.54, 1.807) is 48.5 Å². The fourth-order valence-corrected chi connectivity index (χ4v) is 6.31. The zero-order valence-electron chi connectivity index (χ0n) is 14.8. The highest BCUT2D eigenvalue weighted by atomic mass is 35.5. The molecule has 2 unspecified atom stereocenters. The van der Waals surface area contributed by atoms with Crippen LogP contribution in [0.3, 0.4) is 0 Å². The van der Waals surface area contributed by atoms with Crippen LogP contribution in [0.25, 0.3) is 10.4 Å². The second-order valence-electron chi connectivity index (χ2n) is 6.80. The summed E-state index contributed by atoms with van der Waals surface area (Å²) in [6.45, 7) is 0. The third-order valence-corrected chi connectivity index (χ3v) is 8.79. The fourth-order valence-electron chi connectivity index (χ4n) is 3.30. The van der Waals surface area contributed by atoms with Crippen molar-refractivity contribution < 1.29 is 18.3 Å². The van der Waals surface area contributed by atoms with Crippen molar-refractivity contribution in [1.82, 2.24) is 4.72 Å². The van der Waals surface area contributed by atoms with Crippen LogP contribution in [-0.2, 0) is 14.8 Å². The third-order valence-electron chi connectivity index (χ3n) is 4.91. The molecular weight excluding hydrogens is 453 g/mol. The Morgan fingerprint density at radius 3 is 2.45 bits per heavy atom. The van der Waals surface area contributed by atoms with E-state index in [4.69, 9.17) is 23.2 Å². The predicted octanol–water partition coefficient (Wildman–Crippen LogP) is 5.01. The van der Waals surface area contributed by atoms with Crippen LogP contribution in [0, 0.1) is 0 Å². The first kappa shape index (κ1) is 20.4. The van der Waals surface area contributed by atoms with Crippen LogP contribution < -0.4 is 4.72 Å². The molecule has 0 saturated heterocycles. The minimum absolute atomic E-state index is 0.0397. The van der Waals surface area contributed by atoms with Gasteiger partial charge in [-0.05, 0) is 41.8 Å².